The van der Waals surface area contributed by atoms with Gasteiger partial charge in [-0.1, -0.05) is 18.2 Å². The molecule has 132 valence electrons. The van der Waals surface area contributed by atoms with E-state index in [0.717, 1.165) is 5.56 Å². The highest BCUT2D eigenvalue weighted by Crippen LogP contribution is 2.23. The topological polar surface area (TPSA) is 119 Å². The molecule has 1 aromatic carbocycles. The van der Waals surface area contributed by atoms with Gasteiger partial charge in [-0.05, 0) is 29.8 Å². The molecule has 4 rings (SSSR count). The van der Waals surface area contributed by atoms with Crippen LogP contribution in [0, 0.1) is 0 Å². The standard InChI is InChI=1S/C18H13N7O2/c26-18(27)13-6-4-12(5-7-13)9-22-24-16-14-10-23-25(17(14)21-11-20-16)15-3-1-2-8-19-15/h1-8,10-11H,9H2,(H,26,27). The van der Waals surface area contributed by atoms with Crippen LogP contribution in [0.3, 0.4) is 0 Å². The molecule has 9 nitrogen and oxygen atoms in total. The first-order chi connectivity index (χ1) is 13.2. The van der Waals surface area contributed by atoms with E-state index in [1.165, 1.54) is 18.5 Å². The highest BCUT2D eigenvalue weighted by Gasteiger charge is 2.11. The fourth-order valence-corrected chi connectivity index (χ4v) is 2.49. The zero-order valence-corrected chi connectivity index (χ0v) is 14.0. The van der Waals surface area contributed by atoms with Crippen molar-refractivity contribution in [1.29, 1.82) is 0 Å². The third-order valence-corrected chi connectivity index (χ3v) is 3.83. The first-order valence-corrected chi connectivity index (χ1v) is 8.02. The van der Waals surface area contributed by atoms with Crippen LogP contribution in [0.25, 0.3) is 16.9 Å². The molecule has 0 spiro atoms. The van der Waals surface area contributed by atoms with Crippen LogP contribution in [0.5, 0.6) is 0 Å². The van der Waals surface area contributed by atoms with Gasteiger partial charge < -0.3 is 5.11 Å². The highest BCUT2D eigenvalue weighted by atomic mass is 16.4. The second kappa shape index (κ2) is 7.08. The van der Waals surface area contributed by atoms with E-state index in [2.05, 4.69) is 30.3 Å². The van der Waals surface area contributed by atoms with Gasteiger partial charge in [0.15, 0.2) is 17.3 Å². The number of azo groups is 1. The number of hydrogen-bond donors (Lipinski definition) is 1. The van der Waals surface area contributed by atoms with E-state index in [-0.39, 0.29) is 5.56 Å². The predicted molar refractivity (Wildman–Crippen MR) is 96.1 cm³/mol. The Morgan fingerprint density at radius 1 is 1.07 bits per heavy atom. The van der Waals surface area contributed by atoms with E-state index in [4.69, 9.17) is 5.11 Å². The normalized spacial score (nSPS) is 11.3. The Kier molecular flexibility index (Phi) is 4.32. The SMILES string of the molecule is O=C(O)c1ccc(CN=Nc2ncnc3c2cnn3-c2ccccn2)cc1. The van der Waals surface area contributed by atoms with Crippen LogP contribution in [-0.4, -0.2) is 35.8 Å². The van der Waals surface area contributed by atoms with Gasteiger partial charge in [-0.2, -0.15) is 14.9 Å². The molecule has 0 saturated heterocycles. The van der Waals surface area contributed by atoms with Crippen LogP contribution >= 0.6 is 0 Å². The zero-order valence-electron chi connectivity index (χ0n) is 14.0. The van der Waals surface area contributed by atoms with Gasteiger partial charge in [0.2, 0.25) is 0 Å². The molecular weight excluding hydrogens is 346 g/mol. The van der Waals surface area contributed by atoms with E-state index in [1.54, 1.807) is 29.2 Å². The van der Waals surface area contributed by atoms with Crippen LogP contribution in [-0.2, 0) is 6.54 Å². The smallest absolute Gasteiger partial charge is 0.335 e. The fourth-order valence-electron chi connectivity index (χ4n) is 2.49. The number of rotatable bonds is 5. The lowest BCUT2D eigenvalue weighted by Gasteiger charge is -2.01. The minimum absolute atomic E-state index is 0.232. The molecule has 0 bridgehead atoms. The summed E-state index contributed by atoms with van der Waals surface area (Å²) in [5.41, 5.74) is 1.66. The summed E-state index contributed by atoms with van der Waals surface area (Å²) in [6.45, 7) is 0.305. The van der Waals surface area contributed by atoms with E-state index < -0.39 is 5.97 Å². The second-order valence-electron chi connectivity index (χ2n) is 5.58. The lowest BCUT2D eigenvalue weighted by molar-refractivity contribution is 0.0697. The summed E-state index contributed by atoms with van der Waals surface area (Å²) in [5.74, 6) is 0.0911. The molecule has 27 heavy (non-hydrogen) atoms. The Labute approximate surface area is 153 Å². The van der Waals surface area contributed by atoms with Gasteiger partial charge in [0.25, 0.3) is 0 Å². The monoisotopic (exact) mass is 359 g/mol. The minimum atomic E-state index is -0.962. The van der Waals surface area contributed by atoms with Gasteiger partial charge in [-0.15, -0.1) is 5.11 Å². The van der Waals surface area contributed by atoms with E-state index >= 15 is 0 Å². The quantitative estimate of drug-likeness (QED) is 0.547. The number of fused-ring (bicyclic) bond motifs is 1. The van der Waals surface area contributed by atoms with Crippen molar-refractivity contribution >= 4 is 22.8 Å². The first-order valence-electron chi connectivity index (χ1n) is 8.02. The molecule has 1 N–H and O–H groups in total. The Hall–Kier alpha value is -4.01. The summed E-state index contributed by atoms with van der Waals surface area (Å²) >= 11 is 0. The summed E-state index contributed by atoms with van der Waals surface area (Å²) in [5, 5.41) is 22.2. The average Bonchev–Trinajstić information content (AvgIpc) is 3.14. The molecule has 9 heteroatoms. The largest absolute Gasteiger partial charge is 0.478 e. The van der Waals surface area contributed by atoms with E-state index in [9.17, 15) is 4.79 Å². The Morgan fingerprint density at radius 3 is 2.67 bits per heavy atom. The molecule has 0 atom stereocenters. The summed E-state index contributed by atoms with van der Waals surface area (Å²) in [4.78, 5) is 23.6. The molecule has 4 aromatic rings. The molecule has 3 aromatic heterocycles. The van der Waals surface area contributed by atoms with Crippen LogP contribution in [0.1, 0.15) is 15.9 Å². The summed E-state index contributed by atoms with van der Waals surface area (Å²) in [6.07, 6.45) is 4.71. The third-order valence-electron chi connectivity index (χ3n) is 3.83. The van der Waals surface area contributed by atoms with Gasteiger partial charge in [0, 0.05) is 6.20 Å². The second-order valence-corrected chi connectivity index (χ2v) is 5.58. The van der Waals surface area contributed by atoms with Crippen LogP contribution in [0.2, 0.25) is 0 Å². The Bertz CT molecular complexity index is 1120. The molecule has 0 fully saturated rings. The first kappa shape index (κ1) is 16.5. The third kappa shape index (κ3) is 3.38. The zero-order chi connectivity index (χ0) is 18.6. The maximum absolute atomic E-state index is 10.9. The van der Waals surface area contributed by atoms with Crippen molar-refractivity contribution in [3.05, 3.63) is 72.3 Å². The Morgan fingerprint density at radius 2 is 1.93 bits per heavy atom. The molecule has 3 heterocycles. The van der Waals surface area contributed by atoms with Crippen LogP contribution in [0.15, 0.2) is 71.4 Å². The number of aromatic nitrogens is 5. The molecule has 0 radical (unpaired) electrons. The van der Waals surface area contributed by atoms with Crippen molar-refractivity contribution in [2.24, 2.45) is 10.2 Å². The Balaban J connectivity index is 1.58. The molecule has 0 unspecified atom stereocenters. The van der Waals surface area contributed by atoms with Crippen molar-refractivity contribution in [3.63, 3.8) is 0 Å². The lowest BCUT2D eigenvalue weighted by Crippen LogP contribution is -1.99. The molecule has 0 saturated carbocycles. The molecule has 0 aliphatic carbocycles. The minimum Gasteiger partial charge on any atom is -0.478 e. The van der Waals surface area contributed by atoms with Crippen molar-refractivity contribution in [1.82, 2.24) is 24.7 Å². The fraction of sp³-hybridized carbons (Fsp3) is 0.0556. The number of carboxylic acids is 1. The molecule has 0 aliphatic rings. The van der Waals surface area contributed by atoms with Gasteiger partial charge in [-0.25, -0.2) is 19.7 Å². The van der Waals surface area contributed by atoms with E-state index in [0.29, 0.717) is 29.2 Å². The maximum atomic E-state index is 10.9. The number of carboxylic acid groups (broad SMARTS) is 1. The lowest BCUT2D eigenvalue weighted by atomic mass is 10.1. The summed E-state index contributed by atoms with van der Waals surface area (Å²) < 4.78 is 1.61. The van der Waals surface area contributed by atoms with Gasteiger partial charge >= 0.3 is 5.97 Å². The predicted octanol–water partition coefficient (Wildman–Crippen LogP) is 3.19. The van der Waals surface area contributed by atoms with Gasteiger partial charge in [0.1, 0.15) is 6.33 Å². The number of benzene rings is 1. The molecular formula is C18H13N7O2. The summed E-state index contributed by atoms with van der Waals surface area (Å²) in [6, 6.07) is 12.0. The number of pyridine rings is 1. The van der Waals surface area contributed by atoms with Crippen molar-refractivity contribution in [2.75, 3.05) is 0 Å². The number of carbonyl (C=O) groups is 1. The number of hydrogen-bond acceptors (Lipinski definition) is 7. The number of nitrogens with zero attached hydrogens (tertiary/aromatic N) is 7. The van der Waals surface area contributed by atoms with Crippen LogP contribution in [0.4, 0.5) is 5.82 Å². The van der Waals surface area contributed by atoms with E-state index in [1.807, 2.05) is 18.2 Å². The van der Waals surface area contributed by atoms with Crippen molar-refractivity contribution in [2.45, 2.75) is 6.54 Å². The van der Waals surface area contributed by atoms with Crippen LogP contribution < -0.4 is 0 Å². The van der Waals surface area contributed by atoms with Crippen molar-refractivity contribution in [3.8, 4) is 5.82 Å². The van der Waals surface area contributed by atoms with Gasteiger partial charge in [-0.3, -0.25) is 0 Å². The highest BCUT2D eigenvalue weighted by molar-refractivity contribution is 5.87. The van der Waals surface area contributed by atoms with Crippen molar-refractivity contribution < 1.29 is 9.90 Å². The summed E-state index contributed by atoms with van der Waals surface area (Å²) in [7, 11) is 0. The maximum Gasteiger partial charge on any atom is 0.335 e. The average molecular weight is 359 g/mol. The van der Waals surface area contributed by atoms with Gasteiger partial charge in [0.05, 0.1) is 23.7 Å². The molecule has 0 amide bonds. The molecule has 0 aliphatic heterocycles. The number of aromatic carboxylic acids is 1.